The summed E-state index contributed by atoms with van der Waals surface area (Å²) in [5.74, 6) is -0.00328. The van der Waals surface area contributed by atoms with Gasteiger partial charge in [-0.15, -0.1) is 0 Å². The van der Waals surface area contributed by atoms with Crippen LogP contribution in [0.15, 0.2) is 89.8 Å². The highest BCUT2D eigenvalue weighted by molar-refractivity contribution is 6.01. The topological polar surface area (TPSA) is 148 Å². The maximum atomic E-state index is 12.7. The molecule has 0 saturated carbocycles. The van der Waals surface area contributed by atoms with Gasteiger partial charge in [-0.05, 0) is 97.1 Å². The number of amides is 3. The molecule has 0 radical (unpaired) electrons. The van der Waals surface area contributed by atoms with Crippen LogP contribution in [-0.2, 0) is 28.0 Å². The lowest BCUT2D eigenvalue weighted by Crippen LogP contribution is -2.39. The molecule has 3 aromatic carbocycles. The van der Waals surface area contributed by atoms with Crippen LogP contribution >= 0.6 is 0 Å². The second-order valence-corrected chi connectivity index (χ2v) is 16.4. The molecule has 2 N–H and O–H groups in total. The molecule has 2 aliphatic rings. The highest BCUT2D eigenvalue weighted by Crippen LogP contribution is 2.32. The number of fused-ring (bicyclic) bond motifs is 1. The number of carbonyl (C=O) groups is 3. The van der Waals surface area contributed by atoms with E-state index >= 15 is 0 Å². The summed E-state index contributed by atoms with van der Waals surface area (Å²) in [5.41, 5.74) is 10.2. The second-order valence-electron chi connectivity index (χ2n) is 16.4. The van der Waals surface area contributed by atoms with Gasteiger partial charge >= 0.3 is 0 Å². The number of piperidine rings is 2. The Balaban J connectivity index is 0.848. The van der Waals surface area contributed by atoms with Crippen LogP contribution in [0.3, 0.4) is 0 Å². The molecule has 12 heteroatoms. The van der Waals surface area contributed by atoms with Gasteiger partial charge in [-0.2, -0.15) is 10.1 Å². The van der Waals surface area contributed by atoms with Crippen LogP contribution in [0.5, 0.6) is 0 Å². The number of nitrogens with one attached hydrogen (secondary N) is 2. The van der Waals surface area contributed by atoms with Crippen LogP contribution in [0.25, 0.3) is 27.9 Å². The van der Waals surface area contributed by atoms with E-state index in [0.717, 1.165) is 83.5 Å². The lowest BCUT2D eigenvalue weighted by atomic mass is 9.86. The molecule has 0 bridgehead atoms. The Morgan fingerprint density at radius 1 is 0.912 bits per heavy atom. The van der Waals surface area contributed by atoms with Gasteiger partial charge in [0.2, 0.25) is 17.7 Å². The maximum absolute atomic E-state index is 12.7. The number of benzene rings is 3. The number of aromatic nitrogens is 5. The Hall–Kier alpha value is -6.01. The van der Waals surface area contributed by atoms with Gasteiger partial charge in [0.15, 0.2) is 0 Å². The van der Waals surface area contributed by atoms with E-state index in [1.807, 2.05) is 50.5 Å². The molecule has 57 heavy (non-hydrogen) atoms. The molecule has 6 aromatic rings. The van der Waals surface area contributed by atoms with Gasteiger partial charge in [-0.3, -0.25) is 19.7 Å². The fraction of sp³-hybridized carbons (Fsp3) is 0.356. The molecule has 5 heterocycles. The van der Waals surface area contributed by atoms with Crippen molar-refractivity contribution in [2.75, 3.05) is 19.6 Å². The molecular weight excluding hydrogens is 717 g/mol. The largest absolute Gasteiger partial charge is 0.345 e. The molecule has 1 atom stereocenters. The minimum Gasteiger partial charge on any atom is -0.345 e. The van der Waals surface area contributed by atoms with Crippen LogP contribution in [0.1, 0.15) is 103 Å². The molecule has 1 unspecified atom stereocenters. The van der Waals surface area contributed by atoms with Gasteiger partial charge in [0, 0.05) is 42.2 Å². The second kappa shape index (κ2) is 15.9. The van der Waals surface area contributed by atoms with Crippen molar-refractivity contribution in [3.63, 3.8) is 0 Å². The Morgan fingerprint density at radius 3 is 2.35 bits per heavy atom. The molecular formula is C45H48N8O4. The van der Waals surface area contributed by atoms with Gasteiger partial charge in [-0.1, -0.05) is 86.6 Å². The molecule has 2 aliphatic heterocycles. The zero-order chi connectivity index (χ0) is 39.7. The average molecular weight is 765 g/mol. The highest BCUT2D eigenvalue weighted by Gasteiger charge is 2.29. The van der Waals surface area contributed by atoms with Gasteiger partial charge in [0.25, 0.3) is 11.7 Å². The summed E-state index contributed by atoms with van der Waals surface area (Å²) in [6, 6.07) is 25.6. The predicted octanol–water partition coefficient (Wildman–Crippen LogP) is 6.92. The lowest BCUT2D eigenvalue weighted by Gasteiger charge is -2.32. The monoisotopic (exact) mass is 764 g/mol. The first-order valence-corrected chi connectivity index (χ1v) is 19.8. The zero-order valence-electron chi connectivity index (χ0n) is 32.9. The number of carbonyl (C=O) groups excluding carboxylic acids is 3. The van der Waals surface area contributed by atoms with Crippen LogP contribution in [0.4, 0.5) is 0 Å². The molecule has 0 spiro atoms. The van der Waals surface area contributed by atoms with Crippen molar-refractivity contribution in [1.29, 1.82) is 0 Å². The number of nitrogens with zero attached hydrogens (tertiary/aromatic N) is 6. The summed E-state index contributed by atoms with van der Waals surface area (Å²) in [6.45, 7) is 11.4. The summed E-state index contributed by atoms with van der Waals surface area (Å²) < 4.78 is 7.15. The fourth-order valence-corrected chi connectivity index (χ4v) is 7.88. The Morgan fingerprint density at radius 2 is 1.65 bits per heavy atom. The third-order valence-electron chi connectivity index (χ3n) is 11.4. The minimum atomic E-state index is -0.380. The van der Waals surface area contributed by atoms with Crippen LogP contribution < -0.4 is 10.6 Å². The van der Waals surface area contributed by atoms with E-state index in [-0.39, 0.29) is 34.9 Å². The number of likely N-dealkylation sites (tertiary alicyclic amines) is 1. The Bertz CT molecular complexity index is 2420. The quantitative estimate of drug-likeness (QED) is 0.142. The van der Waals surface area contributed by atoms with Crippen molar-refractivity contribution in [3.05, 3.63) is 125 Å². The van der Waals surface area contributed by atoms with Gasteiger partial charge in [-0.25, -0.2) is 9.50 Å². The molecule has 3 amide bonds. The third-order valence-corrected chi connectivity index (χ3v) is 11.4. The van der Waals surface area contributed by atoms with Gasteiger partial charge in [0.1, 0.15) is 6.33 Å². The fourth-order valence-electron chi connectivity index (χ4n) is 7.88. The van der Waals surface area contributed by atoms with E-state index in [1.54, 1.807) is 6.33 Å². The molecule has 8 rings (SSSR count). The zero-order valence-corrected chi connectivity index (χ0v) is 32.9. The molecule has 2 fully saturated rings. The maximum Gasteiger partial charge on any atom is 0.292 e. The smallest absolute Gasteiger partial charge is 0.292 e. The van der Waals surface area contributed by atoms with E-state index in [1.165, 1.54) is 11.1 Å². The van der Waals surface area contributed by atoms with Crippen molar-refractivity contribution in [2.24, 2.45) is 0 Å². The van der Waals surface area contributed by atoms with Crippen LogP contribution in [-0.4, -0.2) is 67.0 Å². The van der Waals surface area contributed by atoms with Gasteiger partial charge in [0.05, 0.1) is 17.1 Å². The van der Waals surface area contributed by atoms with E-state index in [2.05, 4.69) is 96.4 Å². The molecule has 0 aliphatic carbocycles. The van der Waals surface area contributed by atoms with Crippen LogP contribution in [0.2, 0.25) is 0 Å². The number of imide groups is 1. The van der Waals surface area contributed by atoms with E-state index < -0.39 is 0 Å². The number of aryl methyl sites for hydroxylation is 1. The van der Waals surface area contributed by atoms with Crippen molar-refractivity contribution in [1.82, 2.24) is 40.3 Å². The molecule has 292 valence electrons. The van der Waals surface area contributed by atoms with Crippen LogP contribution in [0, 0.1) is 6.92 Å². The summed E-state index contributed by atoms with van der Waals surface area (Å²) in [7, 11) is 0. The first-order chi connectivity index (χ1) is 27.5. The number of hydrogen-bond donors (Lipinski definition) is 2. The van der Waals surface area contributed by atoms with Crippen molar-refractivity contribution in [2.45, 2.75) is 83.6 Å². The molecule has 12 nitrogen and oxygen atoms in total. The first kappa shape index (κ1) is 37.9. The summed E-state index contributed by atoms with van der Waals surface area (Å²) in [6.07, 6.45) is 7.83. The Kier molecular flexibility index (Phi) is 10.5. The normalized spacial score (nSPS) is 16.9. The van der Waals surface area contributed by atoms with E-state index in [0.29, 0.717) is 31.2 Å². The summed E-state index contributed by atoms with van der Waals surface area (Å²) in [5, 5.41) is 13.7. The van der Waals surface area contributed by atoms with Gasteiger partial charge < -0.3 is 14.7 Å². The number of rotatable bonds is 10. The first-order valence-electron chi connectivity index (χ1n) is 19.8. The predicted molar refractivity (Wildman–Crippen MR) is 216 cm³/mol. The van der Waals surface area contributed by atoms with Crippen molar-refractivity contribution in [3.8, 4) is 22.4 Å². The third kappa shape index (κ3) is 8.41. The van der Waals surface area contributed by atoms with E-state index in [4.69, 9.17) is 4.52 Å². The van der Waals surface area contributed by atoms with E-state index in [9.17, 15) is 14.4 Å². The minimum absolute atomic E-state index is 0.0266. The Labute approximate surface area is 332 Å². The number of hydrogen-bond acceptors (Lipinski definition) is 9. The molecule has 2 saturated heterocycles. The lowest BCUT2D eigenvalue weighted by molar-refractivity contribution is -0.134. The average Bonchev–Trinajstić information content (AvgIpc) is 3.89. The molecule has 3 aromatic heterocycles. The summed E-state index contributed by atoms with van der Waals surface area (Å²) >= 11 is 0. The van der Waals surface area contributed by atoms with Crippen molar-refractivity contribution < 1.29 is 18.9 Å². The van der Waals surface area contributed by atoms with Crippen molar-refractivity contribution >= 4 is 23.2 Å². The standard InChI is InChI=1S/C45H48N8O4/c1-28-23-34(13-14-35(28)25-46-43(56)41-50-44(57-51-41)45(2,3)4)40-38-24-36(26-53(38)48-27-47-40)31-7-5-29(6-8-31)17-20-52-21-18-32(19-22-52)30-9-11-33(12-10-30)37-15-16-39(54)49-42(37)55/h5-14,23-24,26-27,32,37H,15-22,25H2,1-4H3,(H,46,56)(H,49,54,55). The summed E-state index contributed by atoms with van der Waals surface area (Å²) in [4.78, 5) is 48.0. The SMILES string of the molecule is Cc1cc(-c2ncnn3cc(-c4ccc(CCN5CCC(c6ccc(C7CCC(=O)NC7=O)cc6)CC5)cc4)cc23)ccc1CNC(=O)c1noc(C(C)(C)C)n1. The highest BCUT2D eigenvalue weighted by atomic mass is 16.5.